The minimum absolute atomic E-state index is 0.314. The number of anilines is 1. The second-order valence-corrected chi connectivity index (χ2v) is 3.37. The molecule has 1 rings (SSSR count). The number of rotatable bonds is 8. The van der Waals surface area contributed by atoms with Crippen molar-refractivity contribution in [3.63, 3.8) is 0 Å². The van der Waals surface area contributed by atoms with Crippen LogP contribution in [0.5, 0.6) is 0 Å². The number of ether oxygens (including phenoxy) is 2. The zero-order chi connectivity index (χ0) is 11.6. The van der Waals surface area contributed by atoms with Crippen molar-refractivity contribution in [2.24, 2.45) is 0 Å². The van der Waals surface area contributed by atoms with Gasteiger partial charge in [-0.25, -0.2) is 0 Å². The van der Waals surface area contributed by atoms with Gasteiger partial charge in [0.2, 0.25) is 0 Å². The average Bonchev–Trinajstić information content (AvgIpc) is 2.30. The van der Waals surface area contributed by atoms with Crippen LogP contribution >= 0.6 is 0 Å². The second kappa shape index (κ2) is 7.70. The molecule has 0 aromatic heterocycles. The van der Waals surface area contributed by atoms with Crippen molar-refractivity contribution in [3.05, 3.63) is 29.8 Å². The van der Waals surface area contributed by atoms with Crippen LogP contribution in [0.1, 0.15) is 5.56 Å². The lowest BCUT2D eigenvalue weighted by molar-refractivity contribution is -0.130. The molecular weight excluding hydrogens is 206 g/mol. The maximum atomic E-state index is 9.82. The molecule has 0 saturated carbocycles. The number of carbonyl (C=O) groups is 1. The second-order valence-electron chi connectivity index (χ2n) is 3.37. The molecule has 0 saturated heterocycles. The number of benzene rings is 1. The smallest absolute Gasteiger partial charge is 0.293 e. The van der Waals surface area contributed by atoms with E-state index in [9.17, 15) is 4.79 Å². The van der Waals surface area contributed by atoms with Crippen molar-refractivity contribution in [2.45, 2.75) is 6.92 Å². The first-order valence-electron chi connectivity index (χ1n) is 5.26. The molecule has 0 radical (unpaired) electrons. The molecule has 0 atom stereocenters. The van der Waals surface area contributed by atoms with Gasteiger partial charge in [0.25, 0.3) is 6.47 Å². The predicted octanol–water partition coefficient (Wildman–Crippen LogP) is 1.60. The van der Waals surface area contributed by atoms with Gasteiger partial charge in [0.1, 0.15) is 6.61 Å². The third-order valence-corrected chi connectivity index (χ3v) is 2.04. The van der Waals surface area contributed by atoms with Crippen LogP contribution in [0.4, 0.5) is 5.69 Å². The highest BCUT2D eigenvalue weighted by molar-refractivity contribution is 5.44. The number of carbonyl (C=O) groups excluding carboxylic acids is 1. The van der Waals surface area contributed by atoms with Crippen LogP contribution in [-0.4, -0.2) is 32.8 Å². The van der Waals surface area contributed by atoms with Gasteiger partial charge in [-0.3, -0.25) is 4.79 Å². The molecule has 0 unspecified atom stereocenters. The first kappa shape index (κ1) is 12.5. The highest BCUT2D eigenvalue weighted by atomic mass is 16.5. The van der Waals surface area contributed by atoms with Gasteiger partial charge < -0.3 is 14.8 Å². The first-order chi connectivity index (χ1) is 7.83. The Morgan fingerprint density at radius 2 is 1.94 bits per heavy atom. The lowest BCUT2D eigenvalue weighted by Crippen LogP contribution is -2.12. The third-order valence-electron chi connectivity index (χ3n) is 2.04. The van der Waals surface area contributed by atoms with E-state index in [-0.39, 0.29) is 0 Å². The maximum absolute atomic E-state index is 9.82. The lowest BCUT2D eigenvalue weighted by Gasteiger charge is -2.07. The molecule has 0 aliphatic rings. The van der Waals surface area contributed by atoms with Crippen molar-refractivity contribution in [1.82, 2.24) is 0 Å². The Morgan fingerprint density at radius 1 is 1.19 bits per heavy atom. The maximum Gasteiger partial charge on any atom is 0.293 e. The van der Waals surface area contributed by atoms with Crippen LogP contribution in [0.15, 0.2) is 24.3 Å². The van der Waals surface area contributed by atoms with E-state index in [1.54, 1.807) is 0 Å². The van der Waals surface area contributed by atoms with E-state index in [0.717, 1.165) is 12.2 Å². The van der Waals surface area contributed by atoms with Crippen molar-refractivity contribution in [2.75, 3.05) is 31.7 Å². The Kier molecular flexibility index (Phi) is 6.03. The summed E-state index contributed by atoms with van der Waals surface area (Å²) in [4.78, 5) is 9.82. The van der Waals surface area contributed by atoms with Gasteiger partial charge >= 0.3 is 0 Å². The largest absolute Gasteiger partial charge is 0.465 e. The van der Waals surface area contributed by atoms with E-state index < -0.39 is 0 Å². The summed E-state index contributed by atoms with van der Waals surface area (Å²) in [6.45, 7) is 4.57. The first-order valence-corrected chi connectivity index (χ1v) is 5.26. The monoisotopic (exact) mass is 223 g/mol. The zero-order valence-corrected chi connectivity index (χ0v) is 9.44. The predicted molar refractivity (Wildman–Crippen MR) is 62.5 cm³/mol. The number of nitrogens with one attached hydrogen (secondary N) is 1. The van der Waals surface area contributed by atoms with Crippen LogP contribution in [0, 0.1) is 6.92 Å². The van der Waals surface area contributed by atoms with Crippen molar-refractivity contribution >= 4 is 12.2 Å². The SMILES string of the molecule is Cc1ccc(NCCOCCOC=O)cc1. The topological polar surface area (TPSA) is 47.6 Å². The molecule has 1 aromatic rings. The van der Waals surface area contributed by atoms with Gasteiger partial charge in [-0.1, -0.05) is 17.7 Å². The highest BCUT2D eigenvalue weighted by Gasteiger charge is 1.91. The molecule has 0 aliphatic carbocycles. The van der Waals surface area contributed by atoms with Crippen molar-refractivity contribution < 1.29 is 14.3 Å². The molecule has 4 heteroatoms. The molecule has 88 valence electrons. The quantitative estimate of drug-likeness (QED) is 0.537. The fourth-order valence-electron chi connectivity index (χ4n) is 1.20. The Balaban J connectivity index is 2.02. The summed E-state index contributed by atoms with van der Waals surface area (Å²) in [5, 5.41) is 3.23. The fourth-order valence-corrected chi connectivity index (χ4v) is 1.20. The Labute approximate surface area is 95.6 Å². The van der Waals surface area contributed by atoms with Crippen LogP contribution in [0.3, 0.4) is 0 Å². The van der Waals surface area contributed by atoms with E-state index in [2.05, 4.69) is 29.1 Å². The molecule has 0 fully saturated rings. The third kappa shape index (κ3) is 5.36. The molecule has 0 spiro atoms. The average molecular weight is 223 g/mol. The molecule has 0 aliphatic heterocycles. The number of hydrogen-bond donors (Lipinski definition) is 1. The molecular formula is C12H17NO3. The van der Waals surface area contributed by atoms with Crippen molar-refractivity contribution in [1.29, 1.82) is 0 Å². The Morgan fingerprint density at radius 3 is 2.62 bits per heavy atom. The highest BCUT2D eigenvalue weighted by Crippen LogP contribution is 2.07. The lowest BCUT2D eigenvalue weighted by atomic mass is 10.2. The summed E-state index contributed by atoms with van der Waals surface area (Å²) in [7, 11) is 0. The Hall–Kier alpha value is -1.55. The molecule has 0 heterocycles. The Bertz CT molecular complexity index is 298. The van der Waals surface area contributed by atoms with E-state index >= 15 is 0 Å². The summed E-state index contributed by atoms with van der Waals surface area (Å²) in [6.07, 6.45) is 0. The summed E-state index contributed by atoms with van der Waals surface area (Å²) in [5.74, 6) is 0. The van der Waals surface area contributed by atoms with Gasteiger partial charge in [-0.05, 0) is 19.1 Å². The normalized spacial score (nSPS) is 9.81. The van der Waals surface area contributed by atoms with Crippen LogP contribution < -0.4 is 5.32 Å². The van der Waals surface area contributed by atoms with Gasteiger partial charge in [0.05, 0.1) is 13.2 Å². The van der Waals surface area contributed by atoms with E-state index in [4.69, 9.17) is 4.74 Å². The molecule has 1 N–H and O–H groups in total. The molecule has 4 nitrogen and oxygen atoms in total. The molecule has 16 heavy (non-hydrogen) atoms. The van der Waals surface area contributed by atoms with Gasteiger partial charge in [-0.2, -0.15) is 0 Å². The van der Waals surface area contributed by atoms with Crippen LogP contribution in [0.25, 0.3) is 0 Å². The van der Waals surface area contributed by atoms with Gasteiger partial charge in [0.15, 0.2) is 0 Å². The van der Waals surface area contributed by atoms with Crippen LogP contribution in [0.2, 0.25) is 0 Å². The summed E-state index contributed by atoms with van der Waals surface area (Å²) >= 11 is 0. The van der Waals surface area contributed by atoms with Gasteiger partial charge in [-0.15, -0.1) is 0 Å². The van der Waals surface area contributed by atoms with E-state index in [1.165, 1.54) is 5.56 Å². The minimum Gasteiger partial charge on any atom is -0.465 e. The fraction of sp³-hybridized carbons (Fsp3) is 0.417. The molecule has 1 aromatic carbocycles. The number of aryl methyl sites for hydroxylation is 1. The van der Waals surface area contributed by atoms with Crippen LogP contribution in [-0.2, 0) is 14.3 Å². The van der Waals surface area contributed by atoms with Crippen molar-refractivity contribution in [3.8, 4) is 0 Å². The number of hydrogen-bond acceptors (Lipinski definition) is 4. The summed E-state index contributed by atoms with van der Waals surface area (Å²) in [5.41, 5.74) is 2.33. The van der Waals surface area contributed by atoms with Gasteiger partial charge in [0, 0.05) is 12.2 Å². The van der Waals surface area contributed by atoms with E-state index in [0.29, 0.717) is 26.3 Å². The molecule has 0 bridgehead atoms. The minimum atomic E-state index is 0.314. The van der Waals surface area contributed by atoms with E-state index in [1.807, 2.05) is 12.1 Å². The summed E-state index contributed by atoms with van der Waals surface area (Å²) < 4.78 is 9.72. The summed E-state index contributed by atoms with van der Waals surface area (Å²) in [6, 6.07) is 8.18. The standard InChI is InChI=1S/C12H17NO3/c1-11-2-4-12(5-3-11)13-6-7-15-8-9-16-10-14/h2-5,10,13H,6-9H2,1H3. The molecule has 0 amide bonds. The zero-order valence-electron chi connectivity index (χ0n) is 9.44.